The van der Waals surface area contributed by atoms with Gasteiger partial charge in [0.05, 0.1) is 11.7 Å². The smallest absolute Gasteiger partial charge is 0.203 e. The second-order valence-electron chi connectivity index (χ2n) is 4.74. The fraction of sp³-hybridized carbons (Fsp3) is 0.400. The maximum Gasteiger partial charge on any atom is 0.203 e. The van der Waals surface area contributed by atoms with Gasteiger partial charge in [-0.15, -0.1) is 0 Å². The lowest BCUT2D eigenvalue weighted by atomic mass is 10.1. The molecule has 0 aliphatic rings. The van der Waals surface area contributed by atoms with Crippen molar-refractivity contribution in [3.63, 3.8) is 0 Å². The molecule has 0 aliphatic heterocycles. The summed E-state index contributed by atoms with van der Waals surface area (Å²) >= 11 is 0. The van der Waals surface area contributed by atoms with E-state index in [9.17, 15) is 4.39 Å². The van der Waals surface area contributed by atoms with Crippen LogP contribution < -0.4 is 5.32 Å². The van der Waals surface area contributed by atoms with E-state index in [0.29, 0.717) is 5.56 Å². The quantitative estimate of drug-likeness (QED) is 0.888. The van der Waals surface area contributed by atoms with Gasteiger partial charge in [-0.2, -0.15) is 0 Å². The summed E-state index contributed by atoms with van der Waals surface area (Å²) in [4.78, 5) is 4.45. The Bertz CT molecular complexity index is 548. The summed E-state index contributed by atoms with van der Waals surface area (Å²) in [7, 11) is 0. The molecule has 1 aromatic heterocycles. The summed E-state index contributed by atoms with van der Waals surface area (Å²) in [5.74, 6) is 0.623. The average molecular weight is 261 g/mol. The number of aromatic nitrogens is 2. The highest BCUT2D eigenvalue weighted by Crippen LogP contribution is 2.24. The number of hydrogen-bond donors (Lipinski definition) is 1. The number of anilines is 1. The minimum atomic E-state index is -0.178. The van der Waals surface area contributed by atoms with Gasteiger partial charge >= 0.3 is 0 Å². The minimum Gasteiger partial charge on any atom is -0.356 e. The van der Waals surface area contributed by atoms with Gasteiger partial charge in [0.25, 0.3) is 0 Å². The molecular weight excluding hydrogens is 241 g/mol. The molecule has 2 rings (SSSR count). The molecule has 0 saturated carbocycles. The van der Waals surface area contributed by atoms with Crippen LogP contribution in [0.5, 0.6) is 0 Å². The van der Waals surface area contributed by atoms with Gasteiger partial charge in [-0.05, 0) is 26.3 Å². The van der Waals surface area contributed by atoms with E-state index in [1.807, 2.05) is 36.7 Å². The average Bonchev–Trinajstić information content (AvgIpc) is 2.77. The lowest BCUT2D eigenvalue weighted by Gasteiger charge is -2.17. The van der Waals surface area contributed by atoms with E-state index in [1.54, 1.807) is 6.07 Å². The number of rotatable bonds is 5. The highest BCUT2D eigenvalue weighted by molar-refractivity contribution is 5.33. The summed E-state index contributed by atoms with van der Waals surface area (Å²) in [6, 6.07) is 6.80. The predicted molar refractivity (Wildman–Crippen MR) is 76.0 cm³/mol. The molecule has 102 valence electrons. The maximum absolute atomic E-state index is 13.9. The van der Waals surface area contributed by atoms with E-state index in [0.717, 1.165) is 24.6 Å². The number of imidazole rings is 1. The summed E-state index contributed by atoms with van der Waals surface area (Å²) in [6.07, 6.45) is 2.98. The standard InChI is InChI=1S/C15H20FN3/c1-4-9-17-15-18-11(2)10-19(15)12(3)13-7-5-6-8-14(13)16/h5-8,10,12H,4,9H2,1-3H3,(H,17,18). The van der Waals surface area contributed by atoms with Crippen molar-refractivity contribution in [2.24, 2.45) is 0 Å². The highest BCUT2D eigenvalue weighted by Gasteiger charge is 2.16. The number of hydrogen-bond acceptors (Lipinski definition) is 2. The van der Waals surface area contributed by atoms with E-state index >= 15 is 0 Å². The number of halogens is 1. The maximum atomic E-state index is 13.9. The van der Waals surface area contributed by atoms with Gasteiger partial charge in [0.15, 0.2) is 0 Å². The largest absolute Gasteiger partial charge is 0.356 e. The molecule has 0 radical (unpaired) electrons. The molecule has 1 aromatic carbocycles. The first-order valence-corrected chi connectivity index (χ1v) is 6.67. The van der Waals surface area contributed by atoms with Crippen molar-refractivity contribution in [3.05, 3.63) is 47.5 Å². The van der Waals surface area contributed by atoms with Crippen LogP contribution in [-0.2, 0) is 0 Å². The molecule has 0 fully saturated rings. The van der Waals surface area contributed by atoms with Gasteiger partial charge < -0.3 is 9.88 Å². The Kier molecular flexibility index (Phi) is 4.20. The third-order valence-electron chi connectivity index (χ3n) is 3.16. The Hall–Kier alpha value is -1.84. The molecule has 0 saturated heterocycles. The molecule has 1 N–H and O–H groups in total. The number of nitrogens with zero attached hydrogens (tertiary/aromatic N) is 2. The fourth-order valence-electron chi connectivity index (χ4n) is 2.14. The first-order valence-electron chi connectivity index (χ1n) is 6.67. The van der Waals surface area contributed by atoms with Crippen molar-refractivity contribution in [2.75, 3.05) is 11.9 Å². The van der Waals surface area contributed by atoms with Crippen LogP contribution in [0.15, 0.2) is 30.5 Å². The zero-order valence-electron chi connectivity index (χ0n) is 11.7. The Morgan fingerprint density at radius 3 is 2.79 bits per heavy atom. The van der Waals surface area contributed by atoms with E-state index in [-0.39, 0.29) is 11.9 Å². The Morgan fingerprint density at radius 2 is 2.11 bits per heavy atom. The van der Waals surface area contributed by atoms with E-state index in [2.05, 4.69) is 17.2 Å². The van der Waals surface area contributed by atoms with Crippen molar-refractivity contribution in [1.82, 2.24) is 9.55 Å². The molecule has 0 bridgehead atoms. The molecule has 2 aromatic rings. The fourth-order valence-corrected chi connectivity index (χ4v) is 2.14. The van der Waals surface area contributed by atoms with Gasteiger partial charge in [0.2, 0.25) is 5.95 Å². The van der Waals surface area contributed by atoms with Crippen molar-refractivity contribution >= 4 is 5.95 Å². The summed E-state index contributed by atoms with van der Waals surface area (Å²) < 4.78 is 15.9. The Balaban J connectivity index is 2.33. The molecule has 1 unspecified atom stereocenters. The first kappa shape index (κ1) is 13.6. The molecular formula is C15H20FN3. The van der Waals surface area contributed by atoms with Crippen LogP contribution in [0, 0.1) is 12.7 Å². The summed E-state index contributed by atoms with van der Waals surface area (Å²) in [6.45, 7) is 6.90. The molecule has 1 heterocycles. The second kappa shape index (κ2) is 5.87. The molecule has 4 heteroatoms. The van der Waals surface area contributed by atoms with Gasteiger partial charge in [0, 0.05) is 18.3 Å². The van der Waals surface area contributed by atoms with Gasteiger partial charge in [-0.3, -0.25) is 0 Å². The number of benzene rings is 1. The van der Waals surface area contributed by atoms with E-state index < -0.39 is 0 Å². The second-order valence-corrected chi connectivity index (χ2v) is 4.74. The Morgan fingerprint density at radius 1 is 1.37 bits per heavy atom. The Labute approximate surface area is 113 Å². The third kappa shape index (κ3) is 2.95. The van der Waals surface area contributed by atoms with Crippen LogP contribution in [0.25, 0.3) is 0 Å². The lowest BCUT2D eigenvalue weighted by molar-refractivity contribution is 0.559. The van der Waals surface area contributed by atoms with Gasteiger partial charge in [-0.1, -0.05) is 25.1 Å². The van der Waals surface area contributed by atoms with Crippen molar-refractivity contribution in [3.8, 4) is 0 Å². The van der Waals surface area contributed by atoms with Crippen LogP contribution in [-0.4, -0.2) is 16.1 Å². The SMILES string of the molecule is CCCNc1nc(C)cn1C(C)c1ccccc1F. The number of aryl methyl sites for hydroxylation is 1. The van der Waals surface area contributed by atoms with Crippen LogP contribution in [0.1, 0.15) is 37.6 Å². The van der Waals surface area contributed by atoms with Crippen molar-refractivity contribution < 1.29 is 4.39 Å². The number of nitrogens with one attached hydrogen (secondary N) is 1. The van der Waals surface area contributed by atoms with Crippen LogP contribution in [0.2, 0.25) is 0 Å². The molecule has 0 aliphatic carbocycles. The van der Waals surface area contributed by atoms with E-state index in [1.165, 1.54) is 6.07 Å². The zero-order chi connectivity index (χ0) is 13.8. The van der Waals surface area contributed by atoms with Gasteiger partial charge in [0.1, 0.15) is 5.82 Å². The molecule has 19 heavy (non-hydrogen) atoms. The lowest BCUT2D eigenvalue weighted by Crippen LogP contribution is -2.13. The van der Waals surface area contributed by atoms with Crippen LogP contribution >= 0.6 is 0 Å². The van der Waals surface area contributed by atoms with Crippen LogP contribution in [0.3, 0.4) is 0 Å². The molecule has 3 nitrogen and oxygen atoms in total. The summed E-state index contributed by atoms with van der Waals surface area (Å²) in [5, 5.41) is 3.28. The monoisotopic (exact) mass is 261 g/mol. The predicted octanol–water partition coefficient (Wildman–Crippen LogP) is 3.76. The summed E-state index contributed by atoms with van der Waals surface area (Å²) in [5.41, 5.74) is 1.61. The molecule has 0 spiro atoms. The normalized spacial score (nSPS) is 12.4. The molecule has 1 atom stereocenters. The highest BCUT2D eigenvalue weighted by atomic mass is 19.1. The topological polar surface area (TPSA) is 29.9 Å². The minimum absolute atomic E-state index is 0.0817. The van der Waals surface area contributed by atoms with Crippen molar-refractivity contribution in [1.29, 1.82) is 0 Å². The van der Waals surface area contributed by atoms with Crippen molar-refractivity contribution in [2.45, 2.75) is 33.2 Å². The first-order chi connectivity index (χ1) is 9.13. The third-order valence-corrected chi connectivity index (χ3v) is 3.16. The van der Waals surface area contributed by atoms with Crippen LogP contribution in [0.4, 0.5) is 10.3 Å². The zero-order valence-corrected chi connectivity index (χ0v) is 11.7. The van der Waals surface area contributed by atoms with E-state index in [4.69, 9.17) is 0 Å². The molecule has 0 amide bonds. The van der Waals surface area contributed by atoms with Gasteiger partial charge in [-0.25, -0.2) is 9.37 Å².